The van der Waals surface area contributed by atoms with Crippen molar-refractivity contribution >= 4 is 0 Å². The molecule has 1 aromatic carbocycles. The maximum atomic E-state index is 10.9. The molecule has 1 aliphatic carbocycles. The van der Waals surface area contributed by atoms with Gasteiger partial charge in [0.1, 0.15) is 17.1 Å². The predicted octanol–water partition coefficient (Wildman–Crippen LogP) is 6.54. The maximum Gasteiger partial charge on any atom is 0.127 e. The van der Waals surface area contributed by atoms with Gasteiger partial charge in [-0.15, -0.1) is 0 Å². The Labute approximate surface area is 153 Å². The van der Waals surface area contributed by atoms with Gasteiger partial charge in [0.05, 0.1) is 0 Å². The summed E-state index contributed by atoms with van der Waals surface area (Å²) in [5.41, 5.74) is 3.47. The van der Waals surface area contributed by atoms with Crippen LogP contribution in [0.2, 0.25) is 0 Å². The highest BCUT2D eigenvalue weighted by molar-refractivity contribution is 5.53. The van der Waals surface area contributed by atoms with Gasteiger partial charge in [-0.25, -0.2) is 0 Å². The molecule has 1 aliphatic heterocycles. The van der Waals surface area contributed by atoms with Crippen LogP contribution in [0, 0.1) is 11.8 Å². The highest BCUT2D eigenvalue weighted by Crippen LogP contribution is 2.54. The van der Waals surface area contributed by atoms with Crippen molar-refractivity contribution in [3.8, 4) is 11.5 Å². The Hall–Kier alpha value is -1.44. The molecule has 0 spiro atoms. The number of phenols is 1. The lowest BCUT2D eigenvalue weighted by Crippen LogP contribution is -2.45. The quantitative estimate of drug-likeness (QED) is 0.629. The van der Waals surface area contributed by atoms with E-state index >= 15 is 0 Å². The summed E-state index contributed by atoms with van der Waals surface area (Å²) in [6.45, 7) is 13.4. The monoisotopic (exact) mass is 342 g/mol. The molecule has 0 aromatic heterocycles. The Kier molecular flexibility index (Phi) is 4.92. The number of allylic oxidation sites excluding steroid dienone is 2. The lowest BCUT2D eigenvalue weighted by atomic mass is 9.67. The maximum absolute atomic E-state index is 10.9. The van der Waals surface area contributed by atoms with Crippen molar-refractivity contribution in [3.63, 3.8) is 0 Å². The molecule has 25 heavy (non-hydrogen) atoms. The van der Waals surface area contributed by atoms with Crippen LogP contribution in [0.3, 0.4) is 0 Å². The van der Waals surface area contributed by atoms with E-state index in [1.807, 2.05) is 6.07 Å². The van der Waals surface area contributed by atoms with Crippen molar-refractivity contribution in [2.75, 3.05) is 0 Å². The molecule has 1 aromatic rings. The Balaban J connectivity index is 2.02. The lowest BCUT2D eigenvalue weighted by Gasteiger charge is -2.47. The number of hydrogen-bond acceptors (Lipinski definition) is 2. The first kappa shape index (κ1) is 18.4. The van der Waals surface area contributed by atoms with Gasteiger partial charge in [-0.1, -0.05) is 45.3 Å². The Morgan fingerprint density at radius 1 is 1.28 bits per heavy atom. The van der Waals surface area contributed by atoms with Crippen LogP contribution in [-0.4, -0.2) is 10.7 Å². The van der Waals surface area contributed by atoms with Gasteiger partial charge in [-0.05, 0) is 63.1 Å². The van der Waals surface area contributed by atoms with Gasteiger partial charge in [0.25, 0.3) is 0 Å². The fourth-order valence-electron chi connectivity index (χ4n) is 4.88. The number of fused-ring (bicyclic) bond motifs is 3. The molecule has 2 heteroatoms. The van der Waals surface area contributed by atoms with Gasteiger partial charge < -0.3 is 9.84 Å². The highest BCUT2D eigenvalue weighted by Gasteiger charge is 2.45. The van der Waals surface area contributed by atoms with Crippen LogP contribution in [0.1, 0.15) is 90.2 Å². The zero-order valence-corrected chi connectivity index (χ0v) is 16.7. The summed E-state index contributed by atoms with van der Waals surface area (Å²) in [6.07, 6.45) is 6.81. The van der Waals surface area contributed by atoms with Crippen LogP contribution >= 0.6 is 0 Å². The van der Waals surface area contributed by atoms with E-state index in [0.29, 0.717) is 29.4 Å². The van der Waals surface area contributed by atoms with Gasteiger partial charge in [0.2, 0.25) is 0 Å². The van der Waals surface area contributed by atoms with Crippen LogP contribution in [-0.2, 0) is 0 Å². The van der Waals surface area contributed by atoms with Gasteiger partial charge in [0, 0.05) is 17.4 Å². The van der Waals surface area contributed by atoms with E-state index < -0.39 is 0 Å². The topological polar surface area (TPSA) is 29.5 Å². The average Bonchev–Trinajstić information content (AvgIpc) is 2.52. The molecule has 0 bridgehead atoms. The fourth-order valence-corrected chi connectivity index (χ4v) is 4.88. The molecule has 0 saturated carbocycles. The molecule has 1 heterocycles. The van der Waals surface area contributed by atoms with E-state index in [1.165, 1.54) is 24.0 Å². The van der Waals surface area contributed by atoms with Crippen LogP contribution in [0.25, 0.3) is 0 Å². The summed E-state index contributed by atoms with van der Waals surface area (Å²) in [7, 11) is 0. The van der Waals surface area contributed by atoms with E-state index in [-0.39, 0.29) is 5.60 Å². The van der Waals surface area contributed by atoms with Gasteiger partial charge in [0.15, 0.2) is 0 Å². The van der Waals surface area contributed by atoms with Crippen molar-refractivity contribution in [2.24, 2.45) is 11.8 Å². The van der Waals surface area contributed by atoms with Crippen LogP contribution < -0.4 is 4.74 Å². The first-order valence-corrected chi connectivity index (χ1v) is 9.96. The molecule has 1 N–H and O–H groups in total. The van der Waals surface area contributed by atoms with E-state index in [2.05, 4.69) is 53.7 Å². The molecule has 2 nitrogen and oxygen atoms in total. The summed E-state index contributed by atoms with van der Waals surface area (Å²) >= 11 is 0. The standard InChI is InChI=1S/C23H34O2/c1-7-8-15(3)16(4)17-12-20(24)22-18-11-14(2)9-10-19(18)23(5,6)25-21(22)13-17/h9,12-13,15-16,18-19,24H,7-8,10-11H2,1-6H3/t15?,16?,18-,19-/m1/s1. The van der Waals surface area contributed by atoms with Crippen molar-refractivity contribution in [1.29, 1.82) is 0 Å². The first-order valence-electron chi connectivity index (χ1n) is 9.96. The van der Waals surface area contributed by atoms with E-state index in [0.717, 1.165) is 24.2 Å². The molecule has 4 atom stereocenters. The normalized spacial score (nSPS) is 26.7. The molecular weight excluding hydrogens is 308 g/mol. The molecular formula is C23H34O2. The van der Waals surface area contributed by atoms with E-state index in [9.17, 15) is 5.11 Å². The first-order chi connectivity index (χ1) is 11.7. The van der Waals surface area contributed by atoms with Gasteiger partial charge >= 0.3 is 0 Å². The highest BCUT2D eigenvalue weighted by atomic mass is 16.5. The van der Waals surface area contributed by atoms with Crippen molar-refractivity contribution in [1.82, 2.24) is 0 Å². The average molecular weight is 343 g/mol. The van der Waals surface area contributed by atoms with Gasteiger partial charge in [-0.2, -0.15) is 0 Å². The molecule has 138 valence electrons. The smallest absolute Gasteiger partial charge is 0.127 e. The minimum atomic E-state index is -0.196. The molecule has 2 unspecified atom stereocenters. The third-order valence-electron chi connectivity index (χ3n) is 6.65. The number of rotatable bonds is 4. The van der Waals surface area contributed by atoms with Crippen LogP contribution in [0.5, 0.6) is 11.5 Å². The second-order valence-corrected chi connectivity index (χ2v) is 8.92. The zero-order chi connectivity index (χ0) is 18.4. The Morgan fingerprint density at radius 2 is 2.00 bits per heavy atom. The van der Waals surface area contributed by atoms with Gasteiger partial charge in [-0.3, -0.25) is 0 Å². The summed E-state index contributed by atoms with van der Waals surface area (Å²) in [5.74, 6) is 3.16. The third-order valence-corrected chi connectivity index (χ3v) is 6.65. The number of hydrogen-bond donors (Lipinski definition) is 1. The lowest BCUT2D eigenvalue weighted by molar-refractivity contribution is 0.00747. The van der Waals surface area contributed by atoms with Crippen LogP contribution in [0.15, 0.2) is 23.8 Å². The fraction of sp³-hybridized carbons (Fsp3) is 0.652. The minimum absolute atomic E-state index is 0.196. The largest absolute Gasteiger partial charge is 0.508 e. The molecule has 2 aliphatic rings. The third kappa shape index (κ3) is 3.32. The minimum Gasteiger partial charge on any atom is -0.508 e. The summed E-state index contributed by atoms with van der Waals surface area (Å²) < 4.78 is 6.45. The second kappa shape index (κ2) is 6.70. The number of phenolic OH excluding ortho intramolecular Hbond substituents is 1. The molecule has 3 rings (SSSR count). The molecule has 0 amide bonds. The Morgan fingerprint density at radius 3 is 2.68 bits per heavy atom. The predicted molar refractivity (Wildman–Crippen MR) is 105 cm³/mol. The van der Waals surface area contributed by atoms with Crippen molar-refractivity contribution in [3.05, 3.63) is 34.9 Å². The molecule has 0 saturated heterocycles. The summed E-state index contributed by atoms with van der Waals surface area (Å²) in [5, 5.41) is 10.9. The molecule has 0 radical (unpaired) electrons. The number of benzene rings is 1. The Bertz CT molecular complexity index is 671. The summed E-state index contributed by atoms with van der Waals surface area (Å²) in [4.78, 5) is 0. The SMILES string of the molecule is CCCC(C)C(C)c1cc(O)c2c(c1)OC(C)(C)[C@@H]1CC=C(C)C[C@@H]21. The van der Waals surface area contributed by atoms with Crippen molar-refractivity contribution < 1.29 is 9.84 Å². The van der Waals surface area contributed by atoms with E-state index in [1.54, 1.807) is 0 Å². The van der Waals surface area contributed by atoms with Crippen molar-refractivity contribution in [2.45, 2.75) is 84.7 Å². The zero-order valence-electron chi connectivity index (χ0n) is 16.7. The van der Waals surface area contributed by atoms with Crippen LogP contribution in [0.4, 0.5) is 0 Å². The van der Waals surface area contributed by atoms with E-state index in [4.69, 9.17) is 4.74 Å². The number of ether oxygens (including phenoxy) is 1. The number of aromatic hydroxyl groups is 1. The summed E-state index contributed by atoms with van der Waals surface area (Å²) in [6, 6.07) is 4.21. The molecule has 0 fully saturated rings. The second-order valence-electron chi connectivity index (χ2n) is 8.92.